The molecule has 1 saturated heterocycles. The van der Waals surface area contributed by atoms with Crippen molar-refractivity contribution >= 4 is 17.5 Å². The average molecular weight is 279 g/mol. The summed E-state index contributed by atoms with van der Waals surface area (Å²) < 4.78 is 1.61. The topological polar surface area (TPSA) is 93.2 Å². The van der Waals surface area contributed by atoms with Gasteiger partial charge in [-0.15, -0.1) is 0 Å². The normalized spacial score (nSPS) is 19.2. The van der Waals surface area contributed by atoms with Gasteiger partial charge in [-0.05, 0) is 20.3 Å². The van der Waals surface area contributed by atoms with Gasteiger partial charge in [0.1, 0.15) is 6.54 Å². The van der Waals surface area contributed by atoms with E-state index >= 15 is 0 Å². The van der Waals surface area contributed by atoms with Crippen molar-refractivity contribution in [3.8, 4) is 0 Å². The van der Waals surface area contributed by atoms with E-state index in [1.54, 1.807) is 16.6 Å². The average Bonchev–Trinajstić information content (AvgIpc) is 2.61. The van der Waals surface area contributed by atoms with Crippen molar-refractivity contribution in [2.75, 3.05) is 19.3 Å². The fourth-order valence-corrected chi connectivity index (χ4v) is 2.40. The van der Waals surface area contributed by atoms with Crippen LogP contribution in [0.1, 0.15) is 24.2 Å². The molecule has 2 rings (SSSR count). The Balaban J connectivity index is 1.92. The van der Waals surface area contributed by atoms with Gasteiger partial charge in [0.15, 0.2) is 0 Å². The standard InChI is InChI=1S/C13H21N5O2/c1-8-13(14)9(2)18(16-8)7-11(19)15-10-4-5-12(20)17(3)6-10/h10H,4-7,14H2,1-3H3,(H,15,19). The number of rotatable bonds is 3. The molecular formula is C13H21N5O2. The van der Waals surface area contributed by atoms with Gasteiger partial charge < -0.3 is 16.0 Å². The maximum atomic E-state index is 12.0. The SMILES string of the molecule is Cc1nn(CC(=O)NC2CCC(=O)N(C)C2)c(C)c1N. The Morgan fingerprint density at radius 1 is 1.50 bits per heavy atom. The number of nitrogens with one attached hydrogen (secondary N) is 1. The van der Waals surface area contributed by atoms with Gasteiger partial charge in [-0.3, -0.25) is 14.3 Å². The Kier molecular flexibility index (Phi) is 3.96. The number of carbonyl (C=O) groups is 2. The summed E-state index contributed by atoms with van der Waals surface area (Å²) in [5, 5.41) is 7.18. The first kappa shape index (κ1) is 14.4. The first-order valence-corrected chi connectivity index (χ1v) is 6.71. The third kappa shape index (κ3) is 2.92. The Hall–Kier alpha value is -2.05. The molecule has 110 valence electrons. The molecule has 0 radical (unpaired) electrons. The lowest BCUT2D eigenvalue weighted by atomic mass is 10.1. The molecule has 1 atom stereocenters. The summed E-state index contributed by atoms with van der Waals surface area (Å²) in [6, 6.07) is 0.0134. The molecule has 0 saturated carbocycles. The summed E-state index contributed by atoms with van der Waals surface area (Å²) in [5.74, 6) is 0.0187. The summed E-state index contributed by atoms with van der Waals surface area (Å²) in [7, 11) is 1.75. The Labute approximate surface area is 118 Å². The minimum absolute atomic E-state index is 0.0134. The van der Waals surface area contributed by atoms with E-state index in [0.29, 0.717) is 25.1 Å². The summed E-state index contributed by atoms with van der Waals surface area (Å²) in [6.45, 7) is 4.37. The van der Waals surface area contributed by atoms with Crippen LogP contribution in [0.15, 0.2) is 0 Å². The molecule has 1 aromatic rings. The molecule has 2 amide bonds. The maximum Gasteiger partial charge on any atom is 0.242 e. The molecule has 2 heterocycles. The smallest absolute Gasteiger partial charge is 0.242 e. The number of likely N-dealkylation sites (N-methyl/N-ethyl adjacent to an activating group) is 1. The van der Waals surface area contributed by atoms with Crippen molar-refractivity contribution in [2.45, 2.75) is 39.3 Å². The van der Waals surface area contributed by atoms with Crippen molar-refractivity contribution < 1.29 is 9.59 Å². The van der Waals surface area contributed by atoms with Crippen molar-refractivity contribution in [2.24, 2.45) is 0 Å². The molecule has 1 unspecified atom stereocenters. The Bertz CT molecular complexity index is 537. The number of aromatic nitrogens is 2. The highest BCUT2D eigenvalue weighted by molar-refractivity contribution is 5.79. The molecule has 7 heteroatoms. The number of piperidine rings is 1. The van der Waals surface area contributed by atoms with E-state index in [4.69, 9.17) is 5.73 Å². The van der Waals surface area contributed by atoms with Gasteiger partial charge in [-0.1, -0.05) is 0 Å². The second-order valence-electron chi connectivity index (χ2n) is 5.32. The zero-order valence-corrected chi connectivity index (χ0v) is 12.1. The van der Waals surface area contributed by atoms with Crippen LogP contribution in [0, 0.1) is 13.8 Å². The highest BCUT2D eigenvalue weighted by Crippen LogP contribution is 2.14. The van der Waals surface area contributed by atoms with Gasteiger partial charge in [0.05, 0.1) is 17.1 Å². The van der Waals surface area contributed by atoms with Crippen LogP contribution in [0.25, 0.3) is 0 Å². The van der Waals surface area contributed by atoms with Crippen LogP contribution in [-0.2, 0) is 16.1 Å². The summed E-state index contributed by atoms with van der Waals surface area (Å²) in [4.78, 5) is 25.1. The molecule has 0 aromatic carbocycles. The van der Waals surface area contributed by atoms with Crippen molar-refractivity contribution in [3.63, 3.8) is 0 Å². The van der Waals surface area contributed by atoms with E-state index in [9.17, 15) is 9.59 Å². The molecule has 20 heavy (non-hydrogen) atoms. The van der Waals surface area contributed by atoms with Crippen molar-refractivity contribution in [3.05, 3.63) is 11.4 Å². The van der Waals surface area contributed by atoms with E-state index in [1.807, 2.05) is 13.8 Å². The first-order chi connectivity index (χ1) is 9.38. The lowest BCUT2D eigenvalue weighted by molar-refractivity contribution is -0.134. The molecule has 0 bridgehead atoms. The largest absolute Gasteiger partial charge is 0.396 e. The van der Waals surface area contributed by atoms with Crippen LogP contribution in [0.4, 0.5) is 5.69 Å². The number of nitrogens with zero attached hydrogens (tertiary/aromatic N) is 3. The van der Waals surface area contributed by atoms with Crippen LogP contribution in [0.2, 0.25) is 0 Å². The van der Waals surface area contributed by atoms with Crippen LogP contribution in [-0.4, -0.2) is 46.1 Å². The first-order valence-electron chi connectivity index (χ1n) is 6.71. The molecule has 3 N–H and O–H groups in total. The van der Waals surface area contributed by atoms with Gasteiger partial charge in [-0.2, -0.15) is 5.10 Å². The maximum absolute atomic E-state index is 12.0. The molecule has 0 spiro atoms. The minimum Gasteiger partial charge on any atom is -0.396 e. The van der Waals surface area contributed by atoms with Crippen LogP contribution < -0.4 is 11.1 Å². The molecule has 1 aliphatic rings. The van der Waals surface area contributed by atoms with Gasteiger partial charge in [0, 0.05) is 26.1 Å². The van der Waals surface area contributed by atoms with E-state index in [0.717, 1.165) is 11.4 Å². The lowest BCUT2D eigenvalue weighted by Gasteiger charge is -2.30. The van der Waals surface area contributed by atoms with Crippen molar-refractivity contribution in [1.29, 1.82) is 0 Å². The highest BCUT2D eigenvalue weighted by atomic mass is 16.2. The summed E-state index contributed by atoms with van der Waals surface area (Å²) in [6.07, 6.45) is 1.17. The fraction of sp³-hybridized carbons (Fsp3) is 0.615. The molecular weight excluding hydrogens is 258 g/mol. The highest BCUT2D eigenvalue weighted by Gasteiger charge is 2.24. The van der Waals surface area contributed by atoms with Crippen LogP contribution in [0.5, 0.6) is 0 Å². The molecule has 1 fully saturated rings. The predicted octanol–water partition coefficient (Wildman–Crippen LogP) is -0.181. The fourth-order valence-electron chi connectivity index (χ4n) is 2.40. The Morgan fingerprint density at radius 3 is 2.75 bits per heavy atom. The number of nitrogen functional groups attached to an aromatic ring is 1. The monoisotopic (exact) mass is 279 g/mol. The third-order valence-corrected chi connectivity index (χ3v) is 3.72. The van der Waals surface area contributed by atoms with E-state index in [-0.39, 0.29) is 24.4 Å². The quantitative estimate of drug-likeness (QED) is 0.802. The van der Waals surface area contributed by atoms with Gasteiger partial charge in [0.25, 0.3) is 0 Å². The Morgan fingerprint density at radius 2 is 2.20 bits per heavy atom. The zero-order chi connectivity index (χ0) is 14.9. The van der Waals surface area contributed by atoms with Crippen LogP contribution in [0.3, 0.4) is 0 Å². The third-order valence-electron chi connectivity index (χ3n) is 3.72. The van der Waals surface area contributed by atoms with Crippen LogP contribution >= 0.6 is 0 Å². The number of nitrogens with two attached hydrogens (primary N) is 1. The lowest BCUT2D eigenvalue weighted by Crippen LogP contribution is -2.49. The van der Waals surface area contributed by atoms with Gasteiger partial charge in [-0.25, -0.2) is 0 Å². The number of anilines is 1. The van der Waals surface area contributed by atoms with Gasteiger partial charge >= 0.3 is 0 Å². The van der Waals surface area contributed by atoms with E-state index in [1.165, 1.54) is 0 Å². The second kappa shape index (κ2) is 5.52. The van der Waals surface area contributed by atoms with Gasteiger partial charge in [0.2, 0.25) is 11.8 Å². The number of aryl methyl sites for hydroxylation is 1. The number of hydrogen-bond donors (Lipinski definition) is 2. The number of amides is 2. The molecule has 7 nitrogen and oxygen atoms in total. The molecule has 0 aliphatic carbocycles. The number of carbonyl (C=O) groups excluding carboxylic acids is 2. The number of hydrogen-bond acceptors (Lipinski definition) is 4. The number of likely N-dealkylation sites (tertiary alicyclic amines) is 1. The van der Waals surface area contributed by atoms with E-state index in [2.05, 4.69) is 10.4 Å². The molecule has 1 aliphatic heterocycles. The second-order valence-corrected chi connectivity index (χ2v) is 5.32. The van der Waals surface area contributed by atoms with E-state index < -0.39 is 0 Å². The van der Waals surface area contributed by atoms with Crippen molar-refractivity contribution in [1.82, 2.24) is 20.0 Å². The predicted molar refractivity (Wildman–Crippen MR) is 74.9 cm³/mol. The minimum atomic E-state index is -0.108. The zero-order valence-electron chi connectivity index (χ0n) is 12.1. The molecule has 1 aromatic heterocycles. The summed E-state index contributed by atoms with van der Waals surface area (Å²) in [5.41, 5.74) is 8.00. The summed E-state index contributed by atoms with van der Waals surface area (Å²) >= 11 is 0.